The topological polar surface area (TPSA) is 46.1 Å². The van der Waals surface area contributed by atoms with Gasteiger partial charge in [0.1, 0.15) is 17.3 Å². The predicted molar refractivity (Wildman–Crippen MR) is 58.4 cm³/mol. The maximum atomic E-state index is 10.9. The molecule has 15 heavy (non-hydrogen) atoms. The molecule has 0 saturated carbocycles. The number of hydrogen-bond donors (Lipinski definition) is 0. The van der Waals surface area contributed by atoms with Gasteiger partial charge in [-0.25, -0.2) is 9.97 Å². The zero-order valence-electron chi connectivity index (χ0n) is 8.48. The van der Waals surface area contributed by atoms with Crippen molar-refractivity contribution in [3.8, 4) is 0 Å². The second-order valence-corrected chi connectivity index (χ2v) is 4.22. The van der Waals surface area contributed by atoms with Crippen LogP contribution >= 0.6 is 11.6 Å². The van der Waals surface area contributed by atoms with Crippen molar-refractivity contribution in [2.24, 2.45) is 5.92 Å². The molecule has 0 bridgehead atoms. The average Bonchev–Trinajstić information content (AvgIpc) is 2.64. The first kappa shape index (κ1) is 10.4. The van der Waals surface area contributed by atoms with Gasteiger partial charge in [0.05, 0.1) is 5.56 Å². The number of carbonyl (C=O) groups is 1. The zero-order chi connectivity index (χ0) is 10.8. The molecule has 80 valence electrons. The van der Waals surface area contributed by atoms with Crippen molar-refractivity contribution >= 4 is 23.7 Å². The van der Waals surface area contributed by atoms with Crippen molar-refractivity contribution in [2.45, 2.75) is 13.3 Å². The molecule has 0 radical (unpaired) electrons. The van der Waals surface area contributed by atoms with Crippen LogP contribution in [0.4, 0.5) is 5.82 Å². The number of aldehydes is 1. The first-order chi connectivity index (χ1) is 7.22. The van der Waals surface area contributed by atoms with Gasteiger partial charge >= 0.3 is 0 Å². The van der Waals surface area contributed by atoms with Gasteiger partial charge in [-0.15, -0.1) is 0 Å². The molecular weight excluding hydrogens is 214 g/mol. The molecule has 4 nitrogen and oxygen atoms in total. The third-order valence-electron chi connectivity index (χ3n) is 2.66. The summed E-state index contributed by atoms with van der Waals surface area (Å²) in [4.78, 5) is 20.9. The zero-order valence-corrected chi connectivity index (χ0v) is 9.24. The van der Waals surface area contributed by atoms with E-state index in [4.69, 9.17) is 11.6 Å². The fourth-order valence-corrected chi connectivity index (χ4v) is 2.02. The largest absolute Gasteiger partial charge is 0.356 e. The van der Waals surface area contributed by atoms with Gasteiger partial charge in [-0.05, 0) is 12.3 Å². The van der Waals surface area contributed by atoms with E-state index in [9.17, 15) is 4.79 Å². The van der Waals surface area contributed by atoms with Crippen molar-refractivity contribution in [1.29, 1.82) is 0 Å². The Balaban J connectivity index is 2.35. The quantitative estimate of drug-likeness (QED) is 0.569. The summed E-state index contributed by atoms with van der Waals surface area (Å²) in [5, 5.41) is 0.231. The number of halogens is 1. The first-order valence-electron chi connectivity index (χ1n) is 4.93. The summed E-state index contributed by atoms with van der Waals surface area (Å²) in [5.74, 6) is 1.30. The summed E-state index contributed by atoms with van der Waals surface area (Å²) in [6.07, 6.45) is 3.24. The maximum Gasteiger partial charge on any atom is 0.156 e. The molecule has 1 aliphatic heterocycles. The Hall–Kier alpha value is -1.16. The summed E-state index contributed by atoms with van der Waals surface area (Å²) in [5.41, 5.74) is 0.397. The van der Waals surface area contributed by atoms with E-state index < -0.39 is 0 Å². The number of nitrogens with zero attached hydrogens (tertiary/aromatic N) is 3. The lowest BCUT2D eigenvalue weighted by Gasteiger charge is -2.18. The molecule has 1 saturated heterocycles. The van der Waals surface area contributed by atoms with Crippen molar-refractivity contribution in [3.05, 3.63) is 17.0 Å². The Morgan fingerprint density at radius 2 is 2.40 bits per heavy atom. The van der Waals surface area contributed by atoms with E-state index in [1.807, 2.05) is 0 Å². The average molecular weight is 226 g/mol. The third kappa shape index (κ3) is 1.95. The van der Waals surface area contributed by atoms with Crippen LogP contribution in [0.3, 0.4) is 0 Å². The molecule has 1 aromatic rings. The Morgan fingerprint density at radius 3 is 3.00 bits per heavy atom. The van der Waals surface area contributed by atoms with Crippen LogP contribution in [-0.2, 0) is 0 Å². The maximum absolute atomic E-state index is 10.9. The highest BCUT2D eigenvalue weighted by Gasteiger charge is 2.23. The van der Waals surface area contributed by atoms with Gasteiger partial charge in [0, 0.05) is 13.1 Å². The fraction of sp³-hybridized carbons (Fsp3) is 0.500. The van der Waals surface area contributed by atoms with Crippen LogP contribution in [0.1, 0.15) is 23.7 Å². The van der Waals surface area contributed by atoms with E-state index in [0.29, 0.717) is 17.3 Å². The molecule has 0 aliphatic carbocycles. The van der Waals surface area contributed by atoms with Gasteiger partial charge in [0.2, 0.25) is 0 Å². The lowest BCUT2D eigenvalue weighted by molar-refractivity contribution is 0.112. The van der Waals surface area contributed by atoms with Crippen LogP contribution in [0, 0.1) is 5.92 Å². The summed E-state index contributed by atoms with van der Waals surface area (Å²) >= 11 is 5.84. The van der Waals surface area contributed by atoms with Crippen molar-refractivity contribution in [1.82, 2.24) is 9.97 Å². The van der Waals surface area contributed by atoms with E-state index >= 15 is 0 Å². The highest BCUT2D eigenvalue weighted by Crippen LogP contribution is 2.26. The highest BCUT2D eigenvalue weighted by atomic mass is 35.5. The SMILES string of the molecule is CC1CCN(c2ncnc(Cl)c2C=O)C1. The van der Waals surface area contributed by atoms with E-state index in [2.05, 4.69) is 21.8 Å². The summed E-state index contributed by atoms with van der Waals surface area (Å²) < 4.78 is 0. The molecule has 0 aromatic carbocycles. The lowest BCUT2D eigenvalue weighted by Crippen LogP contribution is -2.22. The molecule has 1 aliphatic rings. The monoisotopic (exact) mass is 225 g/mol. The Bertz CT molecular complexity index is 383. The molecule has 1 atom stereocenters. The van der Waals surface area contributed by atoms with Crippen LogP contribution in [0.25, 0.3) is 0 Å². The van der Waals surface area contributed by atoms with Gasteiger partial charge in [-0.1, -0.05) is 18.5 Å². The van der Waals surface area contributed by atoms with Crippen LogP contribution < -0.4 is 4.90 Å². The minimum atomic E-state index is 0.231. The number of rotatable bonds is 2. The molecule has 0 N–H and O–H groups in total. The molecule has 5 heteroatoms. The second kappa shape index (κ2) is 4.14. The number of hydrogen-bond acceptors (Lipinski definition) is 4. The van der Waals surface area contributed by atoms with Crippen molar-refractivity contribution in [3.63, 3.8) is 0 Å². The van der Waals surface area contributed by atoms with E-state index in [1.165, 1.54) is 6.33 Å². The van der Waals surface area contributed by atoms with Gasteiger partial charge in [0.25, 0.3) is 0 Å². The summed E-state index contributed by atoms with van der Waals surface area (Å²) in [6.45, 7) is 4.03. The summed E-state index contributed by atoms with van der Waals surface area (Å²) in [7, 11) is 0. The van der Waals surface area contributed by atoms with Gasteiger partial charge in [-0.3, -0.25) is 4.79 Å². The van der Waals surface area contributed by atoms with Crippen molar-refractivity contribution < 1.29 is 4.79 Å². The summed E-state index contributed by atoms with van der Waals surface area (Å²) in [6, 6.07) is 0. The van der Waals surface area contributed by atoms with Gasteiger partial charge < -0.3 is 4.90 Å². The van der Waals surface area contributed by atoms with Crippen LogP contribution in [0.2, 0.25) is 5.15 Å². The molecule has 0 amide bonds. The Morgan fingerprint density at radius 1 is 1.60 bits per heavy atom. The van der Waals surface area contributed by atoms with E-state index in [-0.39, 0.29) is 5.15 Å². The second-order valence-electron chi connectivity index (χ2n) is 3.86. The minimum absolute atomic E-state index is 0.231. The van der Waals surface area contributed by atoms with Gasteiger partial charge in [-0.2, -0.15) is 0 Å². The molecule has 2 heterocycles. The Labute approximate surface area is 93.3 Å². The third-order valence-corrected chi connectivity index (χ3v) is 2.96. The molecule has 0 spiro atoms. The van der Waals surface area contributed by atoms with Crippen LogP contribution in [0.15, 0.2) is 6.33 Å². The Kier molecular flexibility index (Phi) is 2.86. The highest BCUT2D eigenvalue weighted by molar-refractivity contribution is 6.32. The van der Waals surface area contributed by atoms with Crippen LogP contribution in [-0.4, -0.2) is 29.3 Å². The van der Waals surface area contributed by atoms with E-state index in [1.54, 1.807) is 0 Å². The predicted octanol–water partition coefficient (Wildman–Crippen LogP) is 1.79. The standard InChI is InChI=1S/C10H12ClN3O/c1-7-2-3-14(4-7)10-8(5-15)9(11)12-6-13-10/h5-7H,2-4H2,1H3. The molecule has 1 unspecified atom stereocenters. The molecule has 1 aromatic heterocycles. The molecule has 2 rings (SSSR count). The number of anilines is 1. The van der Waals surface area contributed by atoms with Crippen molar-refractivity contribution in [2.75, 3.05) is 18.0 Å². The number of carbonyl (C=O) groups excluding carboxylic acids is 1. The molecular formula is C10H12ClN3O. The normalized spacial score (nSPS) is 20.7. The molecule has 1 fully saturated rings. The first-order valence-corrected chi connectivity index (χ1v) is 5.30. The van der Waals surface area contributed by atoms with Gasteiger partial charge in [0.15, 0.2) is 6.29 Å². The lowest BCUT2D eigenvalue weighted by atomic mass is 10.2. The van der Waals surface area contributed by atoms with E-state index in [0.717, 1.165) is 25.8 Å². The number of aromatic nitrogens is 2. The minimum Gasteiger partial charge on any atom is -0.356 e. The smallest absolute Gasteiger partial charge is 0.156 e. The fourth-order valence-electron chi connectivity index (χ4n) is 1.85. The van der Waals surface area contributed by atoms with Crippen LogP contribution in [0.5, 0.6) is 0 Å².